The van der Waals surface area contributed by atoms with E-state index in [0.717, 1.165) is 10.0 Å². The van der Waals surface area contributed by atoms with Crippen LogP contribution < -0.4 is 0 Å². The van der Waals surface area contributed by atoms with E-state index in [9.17, 15) is 9.90 Å². The summed E-state index contributed by atoms with van der Waals surface area (Å²) in [7, 11) is 0. The third-order valence-corrected chi connectivity index (χ3v) is 3.10. The van der Waals surface area contributed by atoms with Crippen LogP contribution in [0.3, 0.4) is 0 Å². The van der Waals surface area contributed by atoms with Gasteiger partial charge in [-0.2, -0.15) is 0 Å². The molecule has 0 aliphatic rings. The highest BCUT2D eigenvalue weighted by molar-refractivity contribution is 9.10. The molecular formula is C13H9BrO3. The zero-order chi connectivity index (χ0) is 12.4. The van der Waals surface area contributed by atoms with E-state index in [1.54, 1.807) is 0 Å². The maximum Gasteiger partial charge on any atom is 0.335 e. The van der Waals surface area contributed by atoms with E-state index in [4.69, 9.17) is 5.11 Å². The average molecular weight is 293 g/mol. The fraction of sp³-hybridized carbons (Fsp3) is 0. The molecular weight excluding hydrogens is 284 g/mol. The minimum Gasteiger partial charge on any atom is -0.507 e. The summed E-state index contributed by atoms with van der Waals surface area (Å²) >= 11 is 3.37. The lowest BCUT2D eigenvalue weighted by Gasteiger charge is -2.08. The number of carboxylic acids is 1. The van der Waals surface area contributed by atoms with Gasteiger partial charge in [-0.3, -0.25) is 0 Å². The molecule has 4 heteroatoms. The van der Waals surface area contributed by atoms with Crippen molar-refractivity contribution in [2.24, 2.45) is 0 Å². The van der Waals surface area contributed by atoms with Gasteiger partial charge in [-0.15, -0.1) is 0 Å². The smallest absolute Gasteiger partial charge is 0.335 e. The van der Waals surface area contributed by atoms with Crippen molar-refractivity contribution in [3.05, 3.63) is 52.5 Å². The van der Waals surface area contributed by atoms with Crippen LogP contribution in [0.15, 0.2) is 46.9 Å². The van der Waals surface area contributed by atoms with E-state index in [1.165, 1.54) is 18.2 Å². The van der Waals surface area contributed by atoms with Crippen LogP contribution in [0, 0.1) is 0 Å². The summed E-state index contributed by atoms with van der Waals surface area (Å²) in [6.07, 6.45) is 0. The standard InChI is InChI=1S/C13H9BrO3/c14-11-4-2-1-3-9(11)10-7-8(13(16)17)5-6-12(10)15/h1-7,15H,(H,16,17). The molecule has 0 spiro atoms. The summed E-state index contributed by atoms with van der Waals surface area (Å²) in [4.78, 5) is 10.9. The number of carboxylic acid groups (broad SMARTS) is 1. The molecule has 3 nitrogen and oxygen atoms in total. The summed E-state index contributed by atoms with van der Waals surface area (Å²) in [5, 5.41) is 18.7. The molecule has 2 aromatic rings. The van der Waals surface area contributed by atoms with Crippen LogP contribution in [0.5, 0.6) is 5.75 Å². The Bertz CT molecular complexity index is 579. The molecule has 0 saturated heterocycles. The van der Waals surface area contributed by atoms with Gasteiger partial charge in [0.1, 0.15) is 5.75 Å². The van der Waals surface area contributed by atoms with Crippen molar-refractivity contribution in [3.63, 3.8) is 0 Å². The highest BCUT2D eigenvalue weighted by Gasteiger charge is 2.11. The Kier molecular flexibility index (Phi) is 3.15. The third kappa shape index (κ3) is 2.31. The van der Waals surface area contributed by atoms with Gasteiger partial charge in [0.2, 0.25) is 0 Å². The lowest BCUT2D eigenvalue weighted by Crippen LogP contribution is -1.96. The first-order chi connectivity index (χ1) is 8.09. The number of phenols is 1. The maximum absolute atomic E-state index is 10.9. The lowest BCUT2D eigenvalue weighted by atomic mass is 10.0. The first-order valence-corrected chi connectivity index (χ1v) is 5.70. The Labute approximate surface area is 106 Å². The molecule has 0 unspecified atom stereocenters. The predicted octanol–water partition coefficient (Wildman–Crippen LogP) is 3.52. The third-order valence-electron chi connectivity index (χ3n) is 2.41. The molecule has 0 bridgehead atoms. The second-order valence-electron chi connectivity index (χ2n) is 3.52. The SMILES string of the molecule is O=C(O)c1ccc(O)c(-c2ccccc2Br)c1. The molecule has 2 rings (SSSR count). The summed E-state index contributed by atoms with van der Waals surface area (Å²) in [5.74, 6) is -0.958. The van der Waals surface area contributed by atoms with Crippen LogP contribution in [-0.2, 0) is 0 Å². The first-order valence-electron chi connectivity index (χ1n) is 4.91. The van der Waals surface area contributed by atoms with E-state index >= 15 is 0 Å². The van der Waals surface area contributed by atoms with Gasteiger partial charge < -0.3 is 10.2 Å². The Morgan fingerprint density at radius 3 is 2.41 bits per heavy atom. The molecule has 0 atom stereocenters. The number of carbonyl (C=O) groups is 1. The molecule has 2 N–H and O–H groups in total. The van der Waals surface area contributed by atoms with Gasteiger partial charge in [0, 0.05) is 10.0 Å². The molecule has 86 valence electrons. The van der Waals surface area contributed by atoms with Crippen molar-refractivity contribution >= 4 is 21.9 Å². The van der Waals surface area contributed by atoms with E-state index in [0.29, 0.717) is 5.56 Å². The molecule has 0 aromatic heterocycles. The van der Waals surface area contributed by atoms with E-state index in [-0.39, 0.29) is 11.3 Å². The molecule has 0 aliphatic heterocycles. The van der Waals surface area contributed by atoms with Gasteiger partial charge in [0.15, 0.2) is 0 Å². The Balaban J connectivity index is 2.63. The molecule has 0 radical (unpaired) electrons. The second-order valence-corrected chi connectivity index (χ2v) is 4.37. The molecule has 0 heterocycles. The summed E-state index contributed by atoms with van der Waals surface area (Å²) in [5.41, 5.74) is 1.40. The minimum atomic E-state index is -1.02. The predicted molar refractivity (Wildman–Crippen MR) is 68.2 cm³/mol. The zero-order valence-electron chi connectivity index (χ0n) is 8.72. The van der Waals surface area contributed by atoms with E-state index < -0.39 is 5.97 Å². The van der Waals surface area contributed by atoms with Crippen LogP contribution >= 0.6 is 15.9 Å². The number of aromatic hydroxyl groups is 1. The summed E-state index contributed by atoms with van der Waals surface area (Å²) in [6.45, 7) is 0. The maximum atomic E-state index is 10.9. The minimum absolute atomic E-state index is 0.0573. The Morgan fingerprint density at radius 1 is 1.06 bits per heavy atom. The normalized spacial score (nSPS) is 10.2. The highest BCUT2D eigenvalue weighted by Crippen LogP contribution is 2.34. The van der Waals surface area contributed by atoms with Crippen LogP contribution in [0.2, 0.25) is 0 Å². The van der Waals surface area contributed by atoms with Gasteiger partial charge in [-0.05, 0) is 29.8 Å². The number of hydrogen-bond acceptors (Lipinski definition) is 2. The largest absolute Gasteiger partial charge is 0.507 e. The van der Waals surface area contributed by atoms with Crippen LogP contribution in [0.4, 0.5) is 0 Å². The Hall–Kier alpha value is -1.81. The fourth-order valence-corrected chi connectivity index (χ4v) is 2.06. The fourth-order valence-electron chi connectivity index (χ4n) is 1.56. The van der Waals surface area contributed by atoms with Gasteiger partial charge in [-0.25, -0.2) is 4.79 Å². The second kappa shape index (κ2) is 4.59. The Morgan fingerprint density at radius 2 is 1.76 bits per heavy atom. The number of rotatable bonds is 2. The van der Waals surface area contributed by atoms with Gasteiger partial charge >= 0.3 is 5.97 Å². The molecule has 0 aliphatic carbocycles. The van der Waals surface area contributed by atoms with Crippen molar-refractivity contribution in [2.45, 2.75) is 0 Å². The van der Waals surface area contributed by atoms with Crippen molar-refractivity contribution in [3.8, 4) is 16.9 Å². The lowest BCUT2D eigenvalue weighted by molar-refractivity contribution is 0.0697. The number of aromatic carboxylic acids is 1. The zero-order valence-corrected chi connectivity index (χ0v) is 10.3. The summed E-state index contributed by atoms with van der Waals surface area (Å²) in [6, 6.07) is 11.5. The quantitative estimate of drug-likeness (QED) is 0.890. The number of hydrogen-bond donors (Lipinski definition) is 2. The molecule has 2 aromatic carbocycles. The van der Waals surface area contributed by atoms with Crippen molar-refractivity contribution < 1.29 is 15.0 Å². The van der Waals surface area contributed by atoms with Crippen molar-refractivity contribution in [2.75, 3.05) is 0 Å². The van der Waals surface area contributed by atoms with Gasteiger partial charge in [0.05, 0.1) is 5.56 Å². The number of halogens is 1. The van der Waals surface area contributed by atoms with Gasteiger partial charge in [0.25, 0.3) is 0 Å². The topological polar surface area (TPSA) is 57.5 Å². The average Bonchev–Trinajstić information content (AvgIpc) is 2.30. The molecule has 0 fully saturated rings. The van der Waals surface area contributed by atoms with Crippen LogP contribution in [0.25, 0.3) is 11.1 Å². The van der Waals surface area contributed by atoms with Crippen LogP contribution in [-0.4, -0.2) is 16.2 Å². The first kappa shape index (κ1) is 11.7. The van der Waals surface area contributed by atoms with Gasteiger partial charge in [-0.1, -0.05) is 34.1 Å². The number of benzene rings is 2. The summed E-state index contributed by atoms with van der Waals surface area (Å²) < 4.78 is 0.804. The van der Waals surface area contributed by atoms with Crippen molar-refractivity contribution in [1.82, 2.24) is 0 Å². The van der Waals surface area contributed by atoms with Crippen LogP contribution in [0.1, 0.15) is 10.4 Å². The van der Waals surface area contributed by atoms with E-state index in [2.05, 4.69) is 15.9 Å². The highest BCUT2D eigenvalue weighted by atomic mass is 79.9. The molecule has 0 saturated carbocycles. The molecule has 0 amide bonds. The monoisotopic (exact) mass is 292 g/mol. The van der Waals surface area contributed by atoms with E-state index in [1.807, 2.05) is 24.3 Å². The molecule has 17 heavy (non-hydrogen) atoms. The van der Waals surface area contributed by atoms with Crippen molar-refractivity contribution in [1.29, 1.82) is 0 Å². The number of phenolic OH excluding ortho intramolecular Hbond substituents is 1.